The van der Waals surface area contributed by atoms with Crippen molar-refractivity contribution >= 4 is 33.1 Å². The number of benzene rings is 1. The van der Waals surface area contributed by atoms with E-state index in [0.29, 0.717) is 6.54 Å². The molecule has 0 radical (unpaired) electrons. The highest BCUT2D eigenvalue weighted by Crippen LogP contribution is 2.34. The minimum Gasteiger partial charge on any atom is -0.311 e. The number of hydrogen-bond acceptors (Lipinski definition) is 4. The molecule has 5 nitrogen and oxygen atoms in total. The van der Waals surface area contributed by atoms with Gasteiger partial charge in [-0.1, -0.05) is 18.2 Å². The van der Waals surface area contributed by atoms with Crippen molar-refractivity contribution in [3.63, 3.8) is 0 Å². The predicted octanol–water partition coefficient (Wildman–Crippen LogP) is 2.93. The van der Waals surface area contributed by atoms with Gasteiger partial charge in [0.1, 0.15) is 11.4 Å². The zero-order valence-corrected chi connectivity index (χ0v) is 15.2. The summed E-state index contributed by atoms with van der Waals surface area (Å²) in [6.07, 6.45) is 6.57. The summed E-state index contributed by atoms with van der Waals surface area (Å²) < 4.78 is 1.48. The maximum Gasteiger partial charge on any atom is 0.262 e. The molecule has 0 saturated heterocycles. The first-order valence-corrected chi connectivity index (χ1v) is 9.92. The second-order valence-electron chi connectivity index (χ2n) is 6.99. The SMILES string of the molecule is O=C(Cn1cnc2sc3c(c2c1=O)CCC3)N1CCCc2ccccc21. The van der Waals surface area contributed by atoms with Crippen LogP contribution in [-0.2, 0) is 30.6 Å². The van der Waals surface area contributed by atoms with Crippen molar-refractivity contribution in [3.05, 3.63) is 57.0 Å². The summed E-state index contributed by atoms with van der Waals surface area (Å²) in [6, 6.07) is 8.02. The van der Waals surface area contributed by atoms with E-state index in [-0.39, 0.29) is 18.0 Å². The van der Waals surface area contributed by atoms with Crippen LogP contribution in [0.5, 0.6) is 0 Å². The zero-order chi connectivity index (χ0) is 17.7. The number of carbonyl (C=O) groups is 1. The van der Waals surface area contributed by atoms with Gasteiger partial charge in [0.05, 0.1) is 11.7 Å². The molecule has 5 rings (SSSR count). The van der Waals surface area contributed by atoms with Gasteiger partial charge in [-0.15, -0.1) is 11.3 Å². The topological polar surface area (TPSA) is 55.2 Å². The summed E-state index contributed by atoms with van der Waals surface area (Å²) >= 11 is 1.63. The molecule has 0 spiro atoms. The molecule has 3 heterocycles. The van der Waals surface area contributed by atoms with Gasteiger partial charge in [-0.3, -0.25) is 14.2 Å². The molecule has 1 amide bonds. The molecule has 2 aromatic heterocycles. The molecule has 26 heavy (non-hydrogen) atoms. The van der Waals surface area contributed by atoms with Crippen molar-refractivity contribution in [1.82, 2.24) is 9.55 Å². The van der Waals surface area contributed by atoms with Crippen LogP contribution in [0.2, 0.25) is 0 Å². The lowest BCUT2D eigenvalue weighted by atomic mass is 10.0. The van der Waals surface area contributed by atoms with Crippen LogP contribution in [0.15, 0.2) is 35.4 Å². The van der Waals surface area contributed by atoms with Crippen LogP contribution in [0, 0.1) is 0 Å². The van der Waals surface area contributed by atoms with Crippen LogP contribution < -0.4 is 10.5 Å². The van der Waals surface area contributed by atoms with Crippen molar-refractivity contribution in [3.8, 4) is 0 Å². The highest BCUT2D eigenvalue weighted by molar-refractivity contribution is 7.18. The number of hydrogen-bond donors (Lipinski definition) is 0. The zero-order valence-electron chi connectivity index (χ0n) is 14.4. The maximum atomic E-state index is 13.0. The van der Waals surface area contributed by atoms with E-state index < -0.39 is 0 Å². The summed E-state index contributed by atoms with van der Waals surface area (Å²) in [7, 11) is 0. The molecule has 1 aliphatic carbocycles. The average Bonchev–Trinajstić information content (AvgIpc) is 3.24. The molecule has 2 aliphatic rings. The molecule has 3 aromatic rings. The monoisotopic (exact) mass is 365 g/mol. The van der Waals surface area contributed by atoms with Crippen LogP contribution in [0.4, 0.5) is 5.69 Å². The molecular weight excluding hydrogens is 346 g/mol. The Morgan fingerprint density at radius 3 is 2.96 bits per heavy atom. The lowest BCUT2D eigenvalue weighted by molar-refractivity contribution is -0.119. The molecule has 0 atom stereocenters. The number of aryl methyl sites for hydroxylation is 3. The number of amides is 1. The molecule has 0 fully saturated rings. The van der Waals surface area contributed by atoms with Gasteiger partial charge in [0.15, 0.2) is 0 Å². The molecule has 1 aliphatic heterocycles. The van der Waals surface area contributed by atoms with E-state index in [0.717, 1.165) is 53.6 Å². The predicted molar refractivity (Wildman–Crippen MR) is 103 cm³/mol. The Balaban J connectivity index is 1.50. The summed E-state index contributed by atoms with van der Waals surface area (Å²) in [5.41, 5.74) is 3.26. The highest BCUT2D eigenvalue weighted by Gasteiger charge is 2.25. The third-order valence-corrected chi connectivity index (χ3v) is 6.61. The summed E-state index contributed by atoms with van der Waals surface area (Å²) in [5, 5.41) is 0.733. The first-order chi connectivity index (χ1) is 12.7. The van der Waals surface area contributed by atoms with Gasteiger partial charge in [0, 0.05) is 17.1 Å². The molecular formula is C20H19N3O2S. The molecule has 0 N–H and O–H groups in total. The van der Waals surface area contributed by atoms with E-state index in [1.807, 2.05) is 23.1 Å². The maximum absolute atomic E-state index is 13.0. The van der Waals surface area contributed by atoms with Gasteiger partial charge in [-0.25, -0.2) is 4.98 Å². The van der Waals surface area contributed by atoms with Crippen LogP contribution in [0.25, 0.3) is 10.2 Å². The average molecular weight is 365 g/mol. The van der Waals surface area contributed by atoms with E-state index >= 15 is 0 Å². The number of para-hydroxylation sites is 1. The van der Waals surface area contributed by atoms with E-state index in [1.54, 1.807) is 11.3 Å². The standard InChI is InChI=1S/C20H19N3O2S/c24-17(23-10-4-6-13-5-1-2-8-15(13)23)11-22-12-21-19-18(20(22)25)14-7-3-9-16(14)26-19/h1-2,5,8,12H,3-4,6-7,9-11H2. The van der Waals surface area contributed by atoms with Crippen molar-refractivity contribution in [1.29, 1.82) is 0 Å². The summed E-state index contributed by atoms with van der Waals surface area (Å²) in [6.45, 7) is 0.745. The van der Waals surface area contributed by atoms with Crippen LogP contribution in [-0.4, -0.2) is 22.0 Å². The van der Waals surface area contributed by atoms with E-state index in [9.17, 15) is 9.59 Å². The van der Waals surface area contributed by atoms with Crippen LogP contribution >= 0.6 is 11.3 Å². The molecule has 6 heteroatoms. The van der Waals surface area contributed by atoms with E-state index in [4.69, 9.17) is 0 Å². The van der Waals surface area contributed by atoms with E-state index in [2.05, 4.69) is 11.1 Å². The van der Waals surface area contributed by atoms with Crippen LogP contribution in [0.3, 0.4) is 0 Å². The van der Waals surface area contributed by atoms with Gasteiger partial charge in [0.2, 0.25) is 5.91 Å². The largest absolute Gasteiger partial charge is 0.311 e. The fraction of sp³-hybridized carbons (Fsp3) is 0.350. The third kappa shape index (κ3) is 2.40. The van der Waals surface area contributed by atoms with Crippen LogP contribution in [0.1, 0.15) is 28.8 Å². The Morgan fingerprint density at radius 1 is 1.15 bits per heavy atom. The van der Waals surface area contributed by atoms with Gasteiger partial charge >= 0.3 is 0 Å². The molecule has 132 valence electrons. The van der Waals surface area contributed by atoms with Crippen molar-refractivity contribution in [2.24, 2.45) is 0 Å². The number of nitrogens with zero attached hydrogens (tertiary/aromatic N) is 3. The third-order valence-electron chi connectivity index (χ3n) is 5.41. The minimum absolute atomic E-state index is 0.0424. The van der Waals surface area contributed by atoms with Gasteiger partial charge in [-0.05, 0) is 49.3 Å². The second kappa shape index (κ2) is 6.06. The van der Waals surface area contributed by atoms with Gasteiger partial charge in [-0.2, -0.15) is 0 Å². The Morgan fingerprint density at radius 2 is 2.04 bits per heavy atom. The van der Waals surface area contributed by atoms with Gasteiger partial charge in [0.25, 0.3) is 5.56 Å². The number of rotatable bonds is 2. The number of anilines is 1. The second-order valence-corrected chi connectivity index (χ2v) is 8.08. The lowest BCUT2D eigenvalue weighted by Gasteiger charge is -2.29. The fourth-order valence-electron chi connectivity index (χ4n) is 4.16. The Labute approximate surface area is 154 Å². The molecule has 0 unspecified atom stereocenters. The van der Waals surface area contributed by atoms with Crippen molar-refractivity contribution in [2.45, 2.75) is 38.6 Å². The quantitative estimate of drug-likeness (QED) is 0.702. The normalized spacial score (nSPS) is 15.9. The Kier molecular flexibility index (Phi) is 3.67. The number of fused-ring (bicyclic) bond motifs is 4. The molecule has 0 bridgehead atoms. The number of thiophene rings is 1. The fourth-order valence-corrected chi connectivity index (χ4v) is 5.38. The molecule has 0 saturated carbocycles. The summed E-state index contributed by atoms with van der Waals surface area (Å²) in [4.78, 5) is 34.3. The Bertz CT molecular complexity index is 1080. The first-order valence-electron chi connectivity index (χ1n) is 9.10. The summed E-state index contributed by atoms with van der Waals surface area (Å²) in [5.74, 6) is -0.0488. The van der Waals surface area contributed by atoms with Crippen molar-refractivity contribution in [2.75, 3.05) is 11.4 Å². The van der Waals surface area contributed by atoms with E-state index in [1.165, 1.54) is 21.3 Å². The molecule has 1 aromatic carbocycles. The van der Waals surface area contributed by atoms with Gasteiger partial charge < -0.3 is 4.90 Å². The highest BCUT2D eigenvalue weighted by atomic mass is 32.1. The minimum atomic E-state index is -0.0759. The number of aromatic nitrogens is 2. The number of carbonyl (C=O) groups excluding carboxylic acids is 1. The van der Waals surface area contributed by atoms with Crippen molar-refractivity contribution < 1.29 is 4.79 Å². The smallest absolute Gasteiger partial charge is 0.262 e. The first kappa shape index (κ1) is 15.8. The lowest BCUT2D eigenvalue weighted by Crippen LogP contribution is -2.39. The Hall–Kier alpha value is -2.47.